The third kappa shape index (κ3) is 1.86. The van der Waals surface area contributed by atoms with E-state index in [9.17, 15) is 4.79 Å². The van der Waals surface area contributed by atoms with Gasteiger partial charge in [-0.15, -0.1) is 0 Å². The van der Waals surface area contributed by atoms with Crippen molar-refractivity contribution in [3.63, 3.8) is 0 Å². The highest BCUT2D eigenvalue weighted by Gasteiger charge is 2.12. The first-order valence-corrected chi connectivity index (χ1v) is 6.07. The van der Waals surface area contributed by atoms with Crippen LogP contribution >= 0.6 is 0 Å². The zero-order valence-electron chi connectivity index (χ0n) is 10.8. The van der Waals surface area contributed by atoms with Crippen molar-refractivity contribution in [2.75, 3.05) is 0 Å². The monoisotopic (exact) mass is 262 g/mol. The molecule has 4 heteroatoms. The predicted octanol–water partition coefficient (Wildman–Crippen LogP) is 3.49. The maximum Gasteiger partial charge on any atom is 0.185 e. The summed E-state index contributed by atoms with van der Waals surface area (Å²) in [6.45, 7) is 1.96. The average molecular weight is 262 g/mol. The minimum absolute atomic E-state index is 0.267. The molecule has 0 fully saturated rings. The number of aromatic nitrogens is 1. The van der Waals surface area contributed by atoms with Gasteiger partial charge in [0.1, 0.15) is 5.58 Å². The molecule has 96 valence electrons. The van der Waals surface area contributed by atoms with Crippen LogP contribution in [-0.2, 0) is 0 Å². The molecule has 0 saturated carbocycles. The topological polar surface area (TPSA) is 66.9 Å². The van der Waals surface area contributed by atoms with E-state index < -0.39 is 0 Å². The van der Waals surface area contributed by atoms with Crippen molar-refractivity contribution in [1.29, 1.82) is 5.26 Å². The van der Waals surface area contributed by atoms with Crippen LogP contribution in [0.4, 0.5) is 0 Å². The van der Waals surface area contributed by atoms with E-state index >= 15 is 0 Å². The van der Waals surface area contributed by atoms with Crippen molar-refractivity contribution in [2.24, 2.45) is 0 Å². The van der Waals surface area contributed by atoms with Gasteiger partial charge in [-0.05, 0) is 36.2 Å². The average Bonchev–Trinajstić information content (AvgIpc) is 2.91. The molecule has 0 unspecified atom stereocenters. The Morgan fingerprint density at radius 1 is 1.25 bits per heavy atom. The van der Waals surface area contributed by atoms with E-state index in [2.05, 4.69) is 11.1 Å². The molecule has 1 aromatic carbocycles. The van der Waals surface area contributed by atoms with Gasteiger partial charge in [-0.2, -0.15) is 5.26 Å². The van der Waals surface area contributed by atoms with Gasteiger partial charge in [0, 0.05) is 23.3 Å². The van der Waals surface area contributed by atoms with Crippen LogP contribution in [0.3, 0.4) is 0 Å². The van der Waals surface area contributed by atoms with Gasteiger partial charge in [0.2, 0.25) is 0 Å². The molecule has 2 heterocycles. The summed E-state index contributed by atoms with van der Waals surface area (Å²) in [7, 11) is 0. The first kappa shape index (κ1) is 12.1. The number of aryl methyl sites for hydroxylation is 1. The predicted molar refractivity (Wildman–Crippen MR) is 74.3 cm³/mol. The summed E-state index contributed by atoms with van der Waals surface area (Å²) in [4.78, 5) is 15.0. The van der Waals surface area contributed by atoms with E-state index in [1.165, 1.54) is 0 Å². The summed E-state index contributed by atoms with van der Waals surface area (Å²) in [5.74, 6) is 0.267. The fourth-order valence-corrected chi connectivity index (χ4v) is 2.21. The fourth-order valence-electron chi connectivity index (χ4n) is 2.21. The van der Waals surface area contributed by atoms with Gasteiger partial charge in [0.25, 0.3) is 0 Å². The normalized spacial score (nSPS) is 10.4. The molecule has 0 spiro atoms. The van der Waals surface area contributed by atoms with Gasteiger partial charge in [-0.3, -0.25) is 9.78 Å². The molecule has 2 aromatic heterocycles. The molecule has 0 aliphatic heterocycles. The Hall–Kier alpha value is -2.93. The number of hydrogen-bond donors (Lipinski definition) is 0. The van der Waals surface area contributed by atoms with Crippen molar-refractivity contribution in [3.05, 3.63) is 53.5 Å². The molecular formula is C16H10N2O2. The van der Waals surface area contributed by atoms with E-state index in [-0.39, 0.29) is 5.76 Å². The number of rotatable bonds is 2. The second-order valence-electron chi connectivity index (χ2n) is 4.51. The molecular weight excluding hydrogens is 252 g/mol. The third-order valence-electron chi connectivity index (χ3n) is 3.21. The molecule has 0 radical (unpaired) electrons. The molecule has 4 nitrogen and oxygen atoms in total. The van der Waals surface area contributed by atoms with Crippen molar-refractivity contribution < 1.29 is 9.21 Å². The van der Waals surface area contributed by atoms with Crippen LogP contribution in [0, 0.1) is 18.3 Å². The first-order chi connectivity index (χ1) is 9.72. The zero-order valence-corrected chi connectivity index (χ0v) is 10.8. The lowest BCUT2D eigenvalue weighted by molar-refractivity contribution is 0.110. The Bertz CT molecular complexity index is 857. The molecule has 0 saturated heterocycles. The molecule has 0 aliphatic rings. The minimum Gasteiger partial charge on any atom is -0.453 e. The fraction of sp³-hybridized carbons (Fsp3) is 0.0625. The van der Waals surface area contributed by atoms with Crippen LogP contribution in [0.2, 0.25) is 0 Å². The number of hydrogen-bond acceptors (Lipinski definition) is 4. The van der Waals surface area contributed by atoms with Crippen LogP contribution < -0.4 is 0 Å². The number of carbonyl (C=O) groups excluding carboxylic acids is 1. The quantitative estimate of drug-likeness (QED) is 0.663. The van der Waals surface area contributed by atoms with Gasteiger partial charge in [-0.25, -0.2) is 0 Å². The molecule has 0 aliphatic carbocycles. The maximum absolute atomic E-state index is 10.8. The van der Waals surface area contributed by atoms with E-state index in [4.69, 9.17) is 9.68 Å². The summed E-state index contributed by atoms with van der Waals surface area (Å²) in [6.07, 6.45) is 4.01. The molecule has 0 N–H and O–H groups in total. The number of nitrogens with zero attached hydrogens (tertiary/aromatic N) is 2. The highest BCUT2D eigenvalue weighted by atomic mass is 16.3. The van der Waals surface area contributed by atoms with E-state index in [1.807, 2.05) is 13.0 Å². The van der Waals surface area contributed by atoms with Gasteiger partial charge in [-0.1, -0.05) is 6.07 Å². The second-order valence-corrected chi connectivity index (χ2v) is 4.51. The highest BCUT2D eigenvalue weighted by Crippen LogP contribution is 2.32. The van der Waals surface area contributed by atoms with Crippen molar-refractivity contribution >= 4 is 17.3 Å². The Kier molecular flexibility index (Phi) is 2.81. The van der Waals surface area contributed by atoms with Crippen LogP contribution in [-0.4, -0.2) is 11.3 Å². The van der Waals surface area contributed by atoms with Crippen molar-refractivity contribution in [3.8, 4) is 17.2 Å². The van der Waals surface area contributed by atoms with E-state index in [1.54, 1.807) is 30.6 Å². The number of fused-ring (bicyclic) bond motifs is 1. The molecule has 0 amide bonds. The first-order valence-electron chi connectivity index (χ1n) is 6.07. The Balaban J connectivity index is 2.32. The molecule has 20 heavy (non-hydrogen) atoms. The lowest BCUT2D eigenvalue weighted by Gasteiger charge is -2.06. The summed E-state index contributed by atoms with van der Waals surface area (Å²) in [5.41, 5.74) is 3.87. The summed E-state index contributed by atoms with van der Waals surface area (Å²) in [6, 6.07) is 9.23. The summed E-state index contributed by atoms with van der Waals surface area (Å²) >= 11 is 0. The number of benzene rings is 1. The van der Waals surface area contributed by atoms with Gasteiger partial charge >= 0.3 is 0 Å². The van der Waals surface area contributed by atoms with Gasteiger partial charge in [0.05, 0.1) is 11.6 Å². The summed E-state index contributed by atoms with van der Waals surface area (Å²) in [5, 5.41) is 9.79. The Labute approximate surface area is 115 Å². The number of carbonyl (C=O) groups is 1. The minimum atomic E-state index is 0.267. The number of pyridine rings is 1. The third-order valence-corrected chi connectivity index (χ3v) is 3.21. The number of nitriles is 1. The van der Waals surface area contributed by atoms with Crippen LogP contribution in [0.1, 0.15) is 21.7 Å². The Morgan fingerprint density at radius 2 is 2.10 bits per heavy atom. The standard InChI is InChI=1S/C16H10N2O2/c1-10-2-3-11(6-17)4-14(10)15-8-18-7-12-5-13(9-19)20-16(12)15/h2-5,7-9H,1H3. The second kappa shape index (κ2) is 4.63. The summed E-state index contributed by atoms with van der Waals surface area (Å²) < 4.78 is 5.54. The van der Waals surface area contributed by atoms with Crippen LogP contribution in [0.15, 0.2) is 41.1 Å². The molecule has 0 atom stereocenters. The molecule has 3 aromatic rings. The molecule has 0 bridgehead atoms. The van der Waals surface area contributed by atoms with Gasteiger partial charge in [0.15, 0.2) is 12.0 Å². The Morgan fingerprint density at radius 3 is 2.85 bits per heavy atom. The SMILES string of the molecule is Cc1ccc(C#N)cc1-c1cncc2cc(C=O)oc12. The van der Waals surface area contributed by atoms with E-state index in [0.717, 1.165) is 22.1 Å². The van der Waals surface area contributed by atoms with Crippen LogP contribution in [0.5, 0.6) is 0 Å². The maximum atomic E-state index is 10.8. The smallest absolute Gasteiger partial charge is 0.185 e. The number of furan rings is 1. The van der Waals surface area contributed by atoms with Crippen molar-refractivity contribution in [2.45, 2.75) is 6.92 Å². The lowest BCUT2D eigenvalue weighted by Crippen LogP contribution is -1.87. The largest absolute Gasteiger partial charge is 0.453 e. The number of aldehydes is 1. The van der Waals surface area contributed by atoms with Crippen LogP contribution in [0.25, 0.3) is 22.1 Å². The van der Waals surface area contributed by atoms with E-state index in [0.29, 0.717) is 17.4 Å². The van der Waals surface area contributed by atoms with Crippen molar-refractivity contribution in [1.82, 2.24) is 4.98 Å². The van der Waals surface area contributed by atoms with Gasteiger partial charge < -0.3 is 4.42 Å². The lowest BCUT2D eigenvalue weighted by atomic mass is 9.99. The zero-order chi connectivity index (χ0) is 14.1. The molecule has 3 rings (SSSR count). The highest BCUT2D eigenvalue weighted by molar-refractivity contribution is 5.95.